The van der Waals surface area contributed by atoms with Crippen molar-refractivity contribution in [1.82, 2.24) is 4.90 Å². The Labute approximate surface area is 90.8 Å². The summed E-state index contributed by atoms with van der Waals surface area (Å²) in [6, 6.07) is 0. The molecule has 0 atom stereocenters. The van der Waals surface area contributed by atoms with Gasteiger partial charge in [0.05, 0.1) is 12.7 Å². The topological polar surface area (TPSA) is 55.6 Å². The highest BCUT2D eigenvalue weighted by atomic mass is 16.5. The third-order valence-corrected chi connectivity index (χ3v) is 3.15. The van der Waals surface area contributed by atoms with E-state index in [0.29, 0.717) is 31.1 Å². The molecule has 0 radical (unpaired) electrons. The average Bonchev–Trinajstić information content (AvgIpc) is 3.10. The van der Waals surface area contributed by atoms with E-state index >= 15 is 0 Å². The smallest absolute Gasteiger partial charge is 0.225 e. The Morgan fingerprint density at radius 1 is 1.27 bits per heavy atom. The first-order valence-electron chi connectivity index (χ1n) is 5.91. The highest BCUT2D eigenvalue weighted by Crippen LogP contribution is 2.32. The first-order valence-corrected chi connectivity index (χ1v) is 5.91. The fourth-order valence-corrected chi connectivity index (χ4v) is 2.07. The van der Waals surface area contributed by atoms with Gasteiger partial charge in [-0.05, 0) is 25.7 Å². The summed E-state index contributed by atoms with van der Waals surface area (Å²) < 4.78 is 5.57. The lowest BCUT2D eigenvalue weighted by Gasteiger charge is -2.32. The molecule has 15 heavy (non-hydrogen) atoms. The Kier molecular flexibility index (Phi) is 3.59. The highest BCUT2D eigenvalue weighted by molar-refractivity contribution is 5.81. The molecule has 0 bridgehead atoms. The predicted molar refractivity (Wildman–Crippen MR) is 57.3 cm³/mol. The van der Waals surface area contributed by atoms with E-state index in [1.54, 1.807) is 0 Å². The number of piperidine rings is 1. The molecule has 0 aromatic rings. The lowest BCUT2D eigenvalue weighted by Crippen LogP contribution is -2.41. The third kappa shape index (κ3) is 2.92. The zero-order valence-corrected chi connectivity index (χ0v) is 9.15. The van der Waals surface area contributed by atoms with Gasteiger partial charge in [-0.2, -0.15) is 0 Å². The van der Waals surface area contributed by atoms with Gasteiger partial charge in [0, 0.05) is 25.6 Å². The molecule has 1 amide bonds. The molecule has 0 aromatic heterocycles. The number of ether oxygens (including phenoxy) is 1. The van der Waals surface area contributed by atoms with Gasteiger partial charge in [0.25, 0.3) is 0 Å². The van der Waals surface area contributed by atoms with Crippen LogP contribution in [0.5, 0.6) is 0 Å². The second-order valence-electron chi connectivity index (χ2n) is 4.46. The van der Waals surface area contributed by atoms with E-state index in [1.807, 2.05) is 4.90 Å². The molecule has 2 N–H and O–H groups in total. The summed E-state index contributed by atoms with van der Waals surface area (Å²) in [5, 5.41) is 0. The van der Waals surface area contributed by atoms with Crippen molar-refractivity contribution < 1.29 is 9.53 Å². The van der Waals surface area contributed by atoms with Crippen LogP contribution in [0.25, 0.3) is 0 Å². The van der Waals surface area contributed by atoms with Crippen molar-refractivity contribution in [3.05, 3.63) is 0 Å². The summed E-state index contributed by atoms with van der Waals surface area (Å²) in [6.07, 6.45) is 4.46. The van der Waals surface area contributed by atoms with E-state index in [0.717, 1.165) is 38.8 Å². The summed E-state index contributed by atoms with van der Waals surface area (Å²) in [6.45, 7) is 2.96. The predicted octanol–water partition coefficient (Wildman–Crippen LogP) is 0.363. The maximum Gasteiger partial charge on any atom is 0.225 e. The van der Waals surface area contributed by atoms with Crippen LogP contribution in [0.4, 0.5) is 0 Å². The minimum atomic E-state index is 0.316. The van der Waals surface area contributed by atoms with Gasteiger partial charge in [-0.1, -0.05) is 0 Å². The summed E-state index contributed by atoms with van der Waals surface area (Å²) in [4.78, 5) is 13.7. The van der Waals surface area contributed by atoms with Crippen LogP contribution in [-0.2, 0) is 9.53 Å². The summed E-state index contributed by atoms with van der Waals surface area (Å²) in [7, 11) is 0. The molecule has 2 aliphatic rings. The van der Waals surface area contributed by atoms with Gasteiger partial charge >= 0.3 is 0 Å². The number of carbonyl (C=O) groups excluding carboxylic acids is 1. The normalized spacial score (nSPS) is 23.1. The van der Waals surface area contributed by atoms with Crippen molar-refractivity contribution in [1.29, 1.82) is 0 Å². The lowest BCUT2D eigenvalue weighted by molar-refractivity contribution is -0.135. The number of hydrogen-bond acceptors (Lipinski definition) is 3. The van der Waals surface area contributed by atoms with Gasteiger partial charge in [0.15, 0.2) is 0 Å². The van der Waals surface area contributed by atoms with Gasteiger partial charge in [0.2, 0.25) is 5.91 Å². The molecule has 0 spiro atoms. The molecule has 1 aliphatic carbocycles. The molecule has 4 nitrogen and oxygen atoms in total. The quantitative estimate of drug-likeness (QED) is 0.732. The molecule has 2 rings (SSSR count). The van der Waals surface area contributed by atoms with Gasteiger partial charge in [-0.15, -0.1) is 0 Å². The zero-order valence-electron chi connectivity index (χ0n) is 9.15. The van der Waals surface area contributed by atoms with Crippen molar-refractivity contribution in [3.8, 4) is 0 Å². The Morgan fingerprint density at radius 3 is 2.47 bits per heavy atom. The number of rotatable bonds is 4. The third-order valence-electron chi connectivity index (χ3n) is 3.15. The van der Waals surface area contributed by atoms with Crippen LogP contribution in [0, 0.1) is 5.92 Å². The Balaban J connectivity index is 1.69. The largest absolute Gasteiger partial charge is 0.377 e. The summed E-state index contributed by atoms with van der Waals surface area (Å²) >= 11 is 0. The minimum absolute atomic E-state index is 0.316. The van der Waals surface area contributed by atoms with E-state index in [1.165, 1.54) is 0 Å². The summed E-state index contributed by atoms with van der Waals surface area (Å²) in [5.74, 6) is 0.721. The Hall–Kier alpha value is -0.610. The van der Waals surface area contributed by atoms with Crippen molar-refractivity contribution in [2.24, 2.45) is 11.7 Å². The molecule has 86 valence electrons. The van der Waals surface area contributed by atoms with E-state index in [2.05, 4.69) is 0 Å². The van der Waals surface area contributed by atoms with E-state index in [-0.39, 0.29) is 0 Å². The van der Waals surface area contributed by atoms with Gasteiger partial charge in [0.1, 0.15) is 0 Å². The molecule has 1 saturated carbocycles. The van der Waals surface area contributed by atoms with Gasteiger partial charge in [-0.25, -0.2) is 0 Å². The molecule has 1 aliphatic heterocycles. The van der Waals surface area contributed by atoms with Crippen molar-refractivity contribution in [3.63, 3.8) is 0 Å². The number of hydrogen-bond donors (Lipinski definition) is 1. The average molecular weight is 212 g/mol. The molecule has 4 heteroatoms. The van der Waals surface area contributed by atoms with Crippen LogP contribution < -0.4 is 5.73 Å². The summed E-state index contributed by atoms with van der Waals surface area (Å²) in [5.41, 5.74) is 5.38. The van der Waals surface area contributed by atoms with E-state index in [4.69, 9.17) is 10.5 Å². The van der Waals surface area contributed by atoms with Crippen LogP contribution in [0.3, 0.4) is 0 Å². The van der Waals surface area contributed by atoms with Crippen LogP contribution >= 0.6 is 0 Å². The van der Waals surface area contributed by atoms with Crippen LogP contribution in [0.1, 0.15) is 25.7 Å². The fraction of sp³-hybridized carbons (Fsp3) is 0.909. The number of likely N-dealkylation sites (tertiary alicyclic amines) is 1. The van der Waals surface area contributed by atoms with Crippen molar-refractivity contribution in [2.45, 2.75) is 31.8 Å². The van der Waals surface area contributed by atoms with Crippen molar-refractivity contribution in [2.75, 3.05) is 26.2 Å². The Morgan fingerprint density at radius 2 is 1.93 bits per heavy atom. The van der Waals surface area contributed by atoms with E-state index < -0.39 is 0 Å². The maximum atomic E-state index is 11.7. The van der Waals surface area contributed by atoms with Crippen LogP contribution in [0.2, 0.25) is 0 Å². The standard InChI is InChI=1S/C11H20N2O2/c12-5-8-15-10-3-6-13(7-4-10)11(14)9-1-2-9/h9-10H,1-8,12H2. The monoisotopic (exact) mass is 212 g/mol. The van der Waals surface area contributed by atoms with Crippen LogP contribution in [0.15, 0.2) is 0 Å². The number of nitrogens with two attached hydrogens (primary N) is 1. The number of amides is 1. The molecule has 2 fully saturated rings. The highest BCUT2D eigenvalue weighted by Gasteiger charge is 2.34. The van der Waals surface area contributed by atoms with Crippen molar-refractivity contribution >= 4 is 5.91 Å². The lowest BCUT2D eigenvalue weighted by atomic mass is 10.1. The molecule has 1 heterocycles. The number of carbonyl (C=O) groups is 1. The fourth-order valence-electron chi connectivity index (χ4n) is 2.07. The second kappa shape index (κ2) is 4.94. The SMILES string of the molecule is NCCOC1CCN(C(=O)C2CC2)CC1. The second-order valence-corrected chi connectivity index (χ2v) is 4.46. The maximum absolute atomic E-state index is 11.7. The van der Waals surface area contributed by atoms with Gasteiger partial charge in [-0.3, -0.25) is 4.79 Å². The van der Waals surface area contributed by atoms with Gasteiger partial charge < -0.3 is 15.4 Å². The molecular weight excluding hydrogens is 192 g/mol. The first kappa shape index (κ1) is 10.9. The van der Waals surface area contributed by atoms with Crippen LogP contribution in [-0.4, -0.2) is 43.2 Å². The molecule has 0 unspecified atom stereocenters. The number of nitrogens with zero attached hydrogens (tertiary/aromatic N) is 1. The van der Waals surface area contributed by atoms with E-state index in [9.17, 15) is 4.79 Å². The molecule has 0 aromatic carbocycles. The Bertz CT molecular complexity index is 221. The molecule has 1 saturated heterocycles. The zero-order chi connectivity index (χ0) is 10.7. The minimum Gasteiger partial charge on any atom is -0.377 e. The molecular formula is C11H20N2O2. The first-order chi connectivity index (χ1) is 7.31.